The monoisotopic (exact) mass is 553 g/mol. The second kappa shape index (κ2) is 14.5. The van der Waals surface area contributed by atoms with Crippen LogP contribution in [-0.2, 0) is 6.42 Å². The summed E-state index contributed by atoms with van der Waals surface area (Å²) >= 11 is 0. The lowest BCUT2D eigenvalue weighted by atomic mass is 9.97. The fourth-order valence-electron chi connectivity index (χ4n) is 4.60. The number of rotatable bonds is 13. The van der Waals surface area contributed by atoms with E-state index in [0.29, 0.717) is 31.0 Å². The quantitative estimate of drug-likeness (QED) is 0.296. The van der Waals surface area contributed by atoms with Crippen LogP contribution in [0.4, 0.5) is 8.78 Å². The zero-order valence-corrected chi connectivity index (χ0v) is 23.4. The molecule has 0 bridgehead atoms. The van der Waals surface area contributed by atoms with Crippen molar-refractivity contribution in [2.24, 2.45) is 0 Å². The van der Waals surface area contributed by atoms with Gasteiger partial charge in [-0.05, 0) is 80.6 Å². The lowest BCUT2D eigenvalue weighted by molar-refractivity contribution is 0.0755. The summed E-state index contributed by atoms with van der Waals surface area (Å²) in [5.74, 6) is -1.76. The molecule has 0 fully saturated rings. The van der Waals surface area contributed by atoms with Crippen LogP contribution in [-0.4, -0.2) is 52.5 Å². The number of nitrogens with one attached hydrogen (secondary N) is 1. The van der Waals surface area contributed by atoms with E-state index in [2.05, 4.69) is 10.3 Å². The number of hydrogen-bond acceptors (Lipinski definition) is 5. The van der Waals surface area contributed by atoms with Gasteiger partial charge in [-0.1, -0.05) is 13.8 Å². The van der Waals surface area contributed by atoms with E-state index < -0.39 is 29.7 Å². The minimum absolute atomic E-state index is 0.0828. The molecule has 7 nitrogen and oxygen atoms in total. The standard InChI is InChI=1S/C31H37F2N3O4/c1-5-10-36(11-6-2)31(39)23-13-20(4)12-22(17-23)30(38)35-28(16-21-14-24(32)18-25(33)15-21)29(37)27-19-26(40-7-3)8-9-34-27/h8-9,12-15,17-19,28-29,37H,5-7,10-11,16H2,1-4H3,(H,35,38)/t28?,29-/m1/s1. The first-order chi connectivity index (χ1) is 19.1. The molecule has 9 heteroatoms. The van der Waals surface area contributed by atoms with Gasteiger partial charge in [0.05, 0.1) is 18.3 Å². The number of aliphatic hydroxyl groups excluding tert-OH is 1. The Kier molecular flexibility index (Phi) is 11.1. The summed E-state index contributed by atoms with van der Waals surface area (Å²) in [4.78, 5) is 32.7. The van der Waals surface area contributed by atoms with Crippen LogP contribution in [0, 0.1) is 18.6 Å². The van der Waals surface area contributed by atoms with E-state index in [1.54, 1.807) is 36.1 Å². The Bertz CT molecular complexity index is 1290. The third kappa shape index (κ3) is 8.32. The topological polar surface area (TPSA) is 91.8 Å². The number of benzene rings is 2. The molecule has 0 aliphatic heterocycles. The first-order valence-corrected chi connectivity index (χ1v) is 13.6. The van der Waals surface area contributed by atoms with Gasteiger partial charge in [-0.25, -0.2) is 8.78 Å². The summed E-state index contributed by atoms with van der Waals surface area (Å²) in [6, 6.07) is 10.2. The maximum absolute atomic E-state index is 14.0. The predicted octanol–water partition coefficient (Wildman–Crippen LogP) is 5.40. The van der Waals surface area contributed by atoms with Gasteiger partial charge in [-0.2, -0.15) is 0 Å². The van der Waals surface area contributed by atoms with E-state index in [1.807, 2.05) is 20.8 Å². The summed E-state index contributed by atoms with van der Waals surface area (Å²) in [5.41, 5.74) is 1.82. The molecule has 0 saturated carbocycles. The SMILES string of the molecule is CCCN(CCC)C(=O)c1cc(C)cc(C(=O)NC(Cc2cc(F)cc(F)c2)[C@H](O)c2cc(OCC)ccn2)c1. The molecule has 0 spiro atoms. The molecule has 1 unspecified atom stereocenters. The molecule has 2 aromatic carbocycles. The molecular weight excluding hydrogens is 516 g/mol. The fraction of sp³-hybridized carbons (Fsp3) is 0.387. The van der Waals surface area contributed by atoms with Gasteiger partial charge >= 0.3 is 0 Å². The van der Waals surface area contributed by atoms with Crippen molar-refractivity contribution < 1.29 is 28.2 Å². The van der Waals surface area contributed by atoms with Gasteiger partial charge in [0, 0.05) is 42.5 Å². The zero-order valence-electron chi connectivity index (χ0n) is 23.4. The van der Waals surface area contributed by atoms with E-state index in [0.717, 1.165) is 36.6 Å². The minimum Gasteiger partial charge on any atom is -0.494 e. The zero-order chi connectivity index (χ0) is 29.2. The van der Waals surface area contributed by atoms with Crippen LogP contribution >= 0.6 is 0 Å². The number of aryl methyl sites for hydroxylation is 1. The van der Waals surface area contributed by atoms with Crippen molar-refractivity contribution in [1.29, 1.82) is 0 Å². The third-order valence-corrected chi connectivity index (χ3v) is 6.30. The van der Waals surface area contributed by atoms with Gasteiger partial charge in [-0.15, -0.1) is 0 Å². The van der Waals surface area contributed by atoms with Crippen molar-refractivity contribution in [1.82, 2.24) is 15.2 Å². The Morgan fingerprint density at radius 2 is 1.62 bits per heavy atom. The van der Waals surface area contributed by atoms with Gasteiger partial charge in [0.1, 0.15) is 23.5 Å². The minimum atomic E-state index is -1.33. The van der Waals surface area contributed by atoms with Gasteiger partial charge in [0.25, 0.3) is 11.8 Å². The Morgan fingerprint density at radius 1 is 0.975 bits per heavy atom. The van der Waals surface area contributed by atoms with Crippen LogP contribution in [0.1, 0.15) is 77.3 Å². The number of aliphatic hydroxyl groups is 1. The highest BCUT2D eigenvalue weighted by atomic mass is 19.1. The first-order valence-electron chi connectivity index (χ1n) is 13.6. The third-order valence-electron chi connectivity index (χ3n) is 6.30. The molecule has 0 aliphatic carbocycles. The van der Waals surface area contributed by atoms with Crippen molar-refractivity contribution in [2.45, 2.75) is 59.1 Å². The van der Waals surface area contributed by atoms with E-state index >= 15 is 0 Å². The summed E-state index contributed by atoms with van der Waals surface area (Å²) < 4.78 is 33.4. The van der Waals surface area contributed by atoms with Crippen LogP contribution in [0.15, 0.2) is 54.7 Å². The molecule has 1 aromatic heterocycles. The van der Waals surface area contributed by atoms with Crippen LogP contribution in [0.5, 0.6) is 5.75 Å². The molecule has 0 saturated heterocycles. The normalized spacial score (nSPS) is 12.5. The number of amides is 2. The van der Waals surface area contributed by atoms with Crippen molar-refractivity contribution in [3.05, 3.63) is 94.3 Å². The Morgan fingerprint density at radius 3 is 2.25 bits per heavy atom. The number of hydrogen-bond donors (Lipinski definition) is 2. The fourth-order valence-corrected chi connectivity index (χ4v) is 4.60. The predicted molar refractivity (Wildman–Crippen MR) is 149 cm³/mol. The van der Waals surface area contributed by atoms with Crippen molar-refractivity contribution >= 4 is 11.8 Å². The number of aromatic nitrogens is 1. The maximum Gasteiger partial charge on any atom is 0.253 e. The lowest BCUT2D eigenvalue weighted by Crippen LogP contribution is -2.41. The molecule has 3 rings (SSSR count). The molecule has 0 radical (unpaired) electrons. The maximum atomic E-state index is 14.0. The molecule has 214 valence electrons. The van der Waals surface area contributed by atoms with E-state index in [4.69, 9.17) is 4.74 Å². The highest BCUT2D eigenvalue weighted by Crippen LogP contribution is 2.23. The molecule has 0 aliphatic rings. The summed E-state index contributed by atoms with van der Waals surface area (Å²) in [7, 11) is 0. The van der Waals surface area contributed by atoms with Crippen molar-refractivity contribution in [2.75, 3.05) is 19.7 Å². The van der Waals surface area contributed by atoms with Crippen LogP contribution in [0.2, 0.25) is 0 Å². The lowest BCUT2D eigenvalue weighted by Gasteiger charge is -2.25. The van der Waals surface area contributed by atoms with Crippen molar-refractivity contribution in [3.8, 4) is 5.75 Å². The summed E-state index contributed by atoms with van der Waals surface area (Å²) in [6.07, 6.45) is 1.68. The van der Waals surface area contributed by atoms with E-state index in [-0.39, 0.29) is 29.1 Å². The molecule has 2 amide bonds. The molecule has 3 aromatic rings. The second-order valence-electron chi connectivity index (χ2n) is 9.74. The average molecular weight is 554 g/mol. The second-order valence-corrected chi connectivity index (χ2v) is 9.74. The number of halogens is 2. The summed E-state index contributed by atoms with van der Waals surface area (Å²) in [6.45, 7) is 9.23. The molecule has 40 heavy (non-hydrogen) atoms. The largest absolute Gasteiger partial charge is 0.494 e. The molecule has 1 heterocycles. The highest BCUT2D eigenvalue weighted by molar-refractivity contribution is 6.00. The number of carbonyl (C=O) groups is 2. The van der Waals surface area contributed by atoms with Crippen LogP contribution in [0.25, 0.3) is 0 Å². The number of ether oxygens (including phenoxy) is 1. The Balaban J connectivity index is 1.94. The van der Waals surface area contributed by atoms with Gasteiger partial charge in [0.15, 0.2) is 0 Å². The van der Waals surface area contributed by atoms with Gasteiger partial charge in [-0.3, -0.25) is 14.6 Å². The average Bonchev–Trinajstić information content (AvgIpc) is 2.91. The van der Waals surface area contributed by atoms with Crippen molar-refractivity contribution in [3.63, 3.8) is 0 Å². The number of nitrogens with zero attached hydrogens (tertiary/aromatic N) is 2. The smallest absolute Gasteiger partial charge is 0.253 e. The van der Waals surface area contributed by atoms with E-state index in [9.17, 15) is 23.5 Å². The van der Waals surface area contributed by atoms with Gasteiger partial charge in [0.2, 0.25) is 0 Å². The Labute approximate surface area is 234 Å². The first kappa shape index (κ1) is 30.7. The molecule has 2 atom stereocenters. The highest BCUT2D eigenvalue weighted by Gasteiger charge is 2.27. The summed E-state index contributed by atoms with van der Waals surface area (Å²) in [5, 5.41) is 14.1. The number of carbonyl (C=O) groups excluding carboxylic acids is 2. The van der Waals surface area contributed by atoms with Crippen LogP contribution in [0.3, 0.4) is 0 Å². The molecule has 2 N–H and O–H groups in total. The van der Waals surface area contributed by atoms with E-state index in [1.165, 1.54) is 12.3 Å². The van der Waals surface area contributed by atoms with Gasteiger partial charge < -0.3 is 20.1 Å². The number of pyridine rings is 1. The Hall–Kier alpha value is -3.85. The molecular formula is C31H37F2N3O4. The van der Waals surface area contributed by atoms with Crippen LogP contribution < -0.4 is 10.1 Å².